The number of aromatic nitrogens is 4. The third-order valence-corrected chi connectivity index (χ3v) is 5.72. The number of nitrogens with zero attached hydrogens (tertiary/aromatic N) is 4. The molecule has 176 valence electrons. The number of hydrogen-bond acceptors (Lipinski definition) is 6. The molecular weight excluding hydrogens is 445 g/mol. The zero-order valence-corrected chi connectivity index (χ0v) is 17.5. The van der Waals surface area contributed by atoms with Crippen molar-refractivity contribution in [3.05, 3.63) is 62.6 Å². The summed E-state index contributed by atoms with van der Waals surface area (Å²) in [5, 5.41) is 9.85. The number of benzene rings is 1. The Labute approximate surface area is 184 Å². The van der Waals surface area contributed by atoms with Crippen molar-refractivity contribution < 1.29 is 23.1 Å². The number of imidazole rings is 1. The number of rotatable bonds is 4. The monoisotopic (exact) mass is 466 g/mol. The van der Waals surface area contributed by atoms with Gasteiger partial charge in [0.1, 0.15) is 6.33 Å². The number of hydrogen-bond donors (Lipinski definition) is 3. The number of halogens is 3. The summed E-state index contributed by atoms with van der Waals surface area (Å²) >= 11 is 0. The number of alkyl halides is 3. The molecule has 1 amide bonds. The third kappa shape index (κ3) is 4.54. The van der Waals surface area contributed by atoms with Crippen molar-refractivity contribution in [2.24, 2.45) is 0 Å². The van der Waals surface area contributed by atoms with E-state index in [0.29, 0.717) is 25.1 Å². The van der Waals surface area contributed by atoms with E-state index in [-0.39, 0.29) is 17.7 Å². The lowest BCUT2D eigenvalue weighted by Crippen LogP contribution is -2.41. The normalized spacial score (nSPS) is 18.0. The van der Waals surface area contributed by atoms with Gasteiger partial charge in [0.05, 0.1) is 17.7 Å². The van der Waals surface area contributed by atoms with Crippen LogP contribution in [0.5, 0.6) is 0 Å². The van der Waals surface area contributed by atoms with Gasteiger partial charge in [-0.2, -0.15) is 13.2 Å². The van der Waals surface area contributed by atoms with Gasteiger partial charge in [0.2, 0.25) is 0 Å². The molecule has 1 saturated heterocycles. The molecule has 3 aromatic rings. The molecular formula is C20H21F3N6O4. The van der Waals surface area contributed by atoms with E-state index in [2.05, 4.69) is 9.97 Å². The molecule has 1 aromatic carbocycles. The van der Waals surface area contributed by atoms with Gasteiger partial charge in [-0.25, -0.2) is 19.1 Å². The summed E-state index contributed by atoms with van der Waals surface area (Å²) in [5.74, 6) is 0. The number of likely N-dealkylation sites (N-methyl/N-ethyl adjacent to an activating group) is 1. The van der Waals surface area contributed by atoms with Gasteiger partial charge in [0, 0.05) is 26.7 Å². The molecule has 0 spiro atoms. The van der Waals surface area contributed by atoms with Crippen LogP contribution < -0.4 is 11.2 Å². The molecule has 2 atom stereocenters. The number of β-amino-alcohol motifs (C(OH)–C–C–N with tert-alkyl or cyclic N) is 1. The van der Waals surface area contributed by atoms with Crippen LogP contribution in [0.15, 0.2) is 40.2 Å². The predicted molar refractivity (Wildman–Crippen MR) is 111 cm³/mol. The van der Waals surface area contributed by atoms with E-state index >= 15 is 0 Å². The van der Waals surface area contributed by atoms with Crippen molar-refractivity contribution in [2.45, 2.75) is 24.7 Å². The zero-order valence-electron chi connectivity index (χ0n) is 17.5. The summed E-state index contributed by atoms with van der Waals surface area (Å²) in [4.78, 5) is 48.4. The number of likely N-dealkylation sites (tertiary alicyclic amines) is 1. The molecule has 0 aliphatic carbocycles. The first-order chi connectivity index (χ1) is 15.5. The van der Waals surface area contributed by atoms with Crippen LogP contribution in [0.25, 0.3) is 11.2 Å². The number of aliphatic hydroxyl groups excluding tert-OH is 1. The van der Waals surface area contributed by atoms with Crippen LogP contribution in [0.4, 0.5) is 18.0 Å². The fraction of sp³-hybridized carbons (Fsp3) is 0.400. The fourth-order valence-corrected chi connectivity index (χ4v) is 3.95. The Morgan fingerprint density at radius 3 is 2.58 bits per heavy atom. The van der Waals surface area contributed by atoms with Crippen LogP contribution >= 0.6 is 0 Å². The second kappa shape index (κ2) is 8.48. The summed E-state index contributed by atoms with van der Waals surface area (Å²) in [7, 11) is 1.47. The molecule has 0 radical (unpaired) electrons. The molecule has 0 saturated carbocycles. The van der Waals surface area contributed by atoms with E-state index in [1.807, 2.05) is 9.88 Å². The number of nitrogens with one attached hydrogen (secondary N) is 2. The summed E-state index contributed by atoms with van der Waals surface area (Å²) in [6.45, 7) is 1.20. The highest BCUT2D eigenvalue weighted by Gasteiger charge is 2.32. The maximum atomic E-state index is 13.3. The van der Waals surface area contributed by atoms with Crippen molar-refractivity contribution in [3.63, 3.8) is 0 Å². The summed E-state index contributed by atoms with van der Waals surface area (Å²) in [6, 6.07) is 3.18. The Bertz CT molecular complexity index is 1280. The Kier molecular flexibility index (Phi) is 5.84. The zero-order chi connectivity index (χ0) is 23.9. The molecule has 1 aliphatic heterocycles. The van der Waals surface area contributed by atoms with E-state index in [0.717, 1.165) is 23.0 Å². The molecule has 0 bridgehead atoms. The van der Waals surface area contributed by atoms with E-state index in [9.17, 15) is 32.7 Å². The number of aliphatic hydroxyl groups is 1. The van der Waals surface area contributed by atoms with Gasteiger partial charge >= 0.3 is 17.9 Å². The highest BCUT2D eigenvalue weighted by molar-refractivity contribution is 5.86. The first-order valence-electron chi connectivity index (χ1n) is 10.1. The molecule has 2 aromatic heterocycles. The van der Waals surface area contributed by atoms with Crippen molar-refractivity contribution in [1.82, 2.24) is 29.3 Å². The van der Waals surface area contributed by atoms with Gasteiger partial charge in [-0.3, -0.25) is 19.7 Å². The second-order valence-corrected chi connectivity index (χ2v) is 7.95. The van der Waals surface area contributed by atoms with E-state index in [1.165, 1.54) is 24.1 Å². The molecule has 1 aliphatic rings. The van der Waals surface area contributed by atoms with Crippen molar-refractivity contribution in [2.75, 3.05) is 26.7 Å². The van der Waals surface area contributed by atoms with Crippen LogP contribution in [0.3, 0.4) is 0 Å². The Hall–Kier alpha value is -3.45. The largest absolute Gasteiger partial charge is 0.416 e. The minimum atomic E-state index is -4.50. The predicted octanol–water partition coefficient (Wildman–Crippen LogP) is 1.14. The molecule has 0 unspecified atom stereocenters. The maximum absolute atomic E-state index is 13.3. The van der Waals surface area contributed by atoms with Gasteiger partial charge in [0.15, 0.2) is 11.2 Å². The van der Waals surface area contributed by atoms with Gasteiger partial charge in [0.25, 0.3) is 5.56 Å². The van der Waals surface area contributed by atoms with Crippen LogP contribution in [0.2, 0.25) is 0 Å². The summed E-state index contributed by atoms with van der Waals surface area (Å²) in [5.41, 5.74) is -2.15. The number of fused-ring (bicyclic) bond motifs is 1. The number of amides is 1. The lowest BCUT2D eigenvalue weighted by molar-refractivity contribution is -0.137. The first-order valence-corrected chi connectivity index (χ1v) is 10.1. The van der Waals surface area contributed by atoms with Gasteiger partial charge < -0.3 is 10.0 Å². The van der Waals surface area contributed by atoms with Crippen molar-refractivity contribution >= 4 is 17.2 Å². The SMILES string of the molecule is CN(C(=O)n1cnc2c(=O)[nH]c(=O)[nH]c21)[C@H](CN1CC[C@H](O)C1)c1ccc(C(F)(F)F)cc1. The van der Waals surface area contributed by atoms with Crippen molar-refractivity contribution in [1.29, 1.82) is 0 Å². The quantitative estimate of drug-likeness (QED) is 0.529. The minimum Gasteiger partial charge on any atom is -0.392 e. The van der Waals surface area contributed by atoms with E-state index in [1.54, 1.807) is 0 Å². The second-order valence-electron chi connectivity index (χ2n) is 7.95. The smallest absolute Gasteiger partial charge is 0.392 e. The number of carbonyl (C=O) groups is 1. The standard InChI is InChI=1S/C20H21F3N6O4/c1-27(19(33)29-10-24-15-16(29)25-18(32)26-17(15)31)14(9-28-7-6-13(30)8-28)11-2-4-12(5-3-11)20(21,22)23/h2-5,10,13-14,30H,6-9H2,1H3,(H2,25,26,31,32)/t13-,14+/m0/s1. The first kappa shape index (κ1) is 22.7. The van der Waals surface area contributed by atoms with E-state index in [4.69, 9.17) is 0 Å². The molecule has 10 nitrogen and oxygen atoms in total. The van der Waals surface area contributed by atoms with Crippen LogP contribution in [-0.4, -0.2) is 73.2 Å². The molecule has 3 N–H and O–H groups in total. The maximum Gasteiger partial charge on any atom is 0.416 e. The average molecular weight is 466 g/mol. The van der Waals surface area contributed by atoms with Crippen LogP contribution in [0, 0.1) is 0 Å². The number of carbonyl (C=O) groups excluding carboxylic acids is 1. The molecule has 33 heavy (non-hydrogen) atoms. The summed E-state index contributed by atoms with van der Waals surface area (Å²) < 4.78 is 40.0. The van der Waals surface area contributed by atoms with Gasteiger partial charge in [-0.15, -0.1) is 0 Å². The lowest BCUT2D eigenvalue weighted by atomic mass is 10.0. The fourth-order valence-electron chi connectivity index (χ4n) is 3.95. The summed E-state index contributed by atoms with van der Waals surface area (Å²) in [6.07, 6.45) is -3.37. The molecule has 1 fully saturated rings. The minimum absolute atomic E-state index is 0.0941. The van der Waals surface area contributed by atoms with Crippen molar-refractivity contribution in [3.8, 4) is 0 Å². The Morgan fingerprint density at radius 2 is 1.97 bits per heavy atom. The third-order valence-electron chi connectivity index (χ3n) is 5.72. The number of H-pyrrole nitrogens is 2. The molecule has 3 heterocycles. The average Bonchev–Trinajstić information content (AvgIpc) is 3.36. The van der Waals surface area contributed by atoms with E-state index < -0.39 is 41.2 Å². The van der Waals surface area contributed by atoms with Crippen LogP contribution in [0.1, 0.15) is 23.6 Å². The highest BCUT2D eigenvalue weighted by atomic mass is 19.4. The topological polar surface area (TPSA) is 127 Å². The Balaban J connectivity index is 1.69. The van der Waals surface area contributed by atoms with Crippen LogP contribution in [-0.2, 0) is 6.18 Å². The highest BCUT2D eigenvalue weighted by Crippen LogP contribution is 2.31. The lowest BCUT2D eigenvalue weighted by Gasteiger charge is -2.32. The number of aromatic amines is 2. The Morgan fingerprint density at radius 1 is 1.27 bits per heavy atom. The molecule has 13 heteroatoms. The van der Waals surface area contributed by atoms with Gasteiger partial charge in [-0.1, -0.05) is 12.1 Å². The molecule has 4 rings (SSSR count). The van der Waals surface area contributed by atoms with Gasteiger partial charge in [-0.05, 0) is 24.1 Å².